The van der Waals surface area contributed by atoms with Gasteiger partial charge in [0.15, 0.2) is 0 Å². The van der Waals surface area contributed by atoms with Crippen molar-refractivity contribution in [3.05, 3.63) is 35.9 Å². The first kappa shape index (κ1) is 17.9. The molecule has 1 amide bonds. The fourth-order valence-corrected chi connectivity index (χ4v) is 2.01. The summed E-state index contributed by atoms with van der Waals surface area (Å²) in [4.78, 5) is 23.4. The number of carboxylic acids is 1. The van der Waals surface area contributed by atoms with Gasteiger partial charge in [-0.3, -0.25) is 4.90 Å². The van der Waals surface area contributed by atoms with Gasteiger partial charge in [-0.15, -0.1) is 0 Å². The second-order valence-corrected chi connectivity index (χ2v) is 5.74. The van der Waals surface area contributed by atoms with Crippen LogP contribution in [-0.2, 0) is 11.3 Å². The molecule has 0 fully saturated rings. The van der Waals surface area contributed by atoms with Crippen molar-refractivity contribution in [2.45, 2.75) is 39.3 Å². The Hall–Kier alpha value is -2.18. The molecular formula is C15H19F2NO4. The molecule has 0 unspecified atom stereocenters. The fourth-order valence-electron chi connectivity index (χ4n) is 2.01. The first-order chi connectivity index (χ1) is 10.1. The lowest BCUT2D eigenvalue weighted by Gasteiger charge is -2.32. The van der Waals surface area contributed by atoms with Crippen LogP contribution < -0.4 is 0 Å². The molecule has 0 saturated heterocycles. The minimum atomic E-state index is -2.75. The molecule has 7 heteroatoms. The highest BCUT2D eigenvalue weighted by molar-refractivity contribution is 5.79. The average Bonchev–Trinajstić information content (AvgIpc) is 2.43. The smallest absolute Gasteiger partial charge is 0.408 e. The summed E-state index contributed by atoms with van der Waals surface area (Å²) in [6.45, 7) is 2.26. The first-order valence-electron chi connectivity index (χ1n) is 6.69. The first-order valence-corrected chi connectivity index (χ1v) is 6.69. The lowest BCUT2D eigenvalue weighted by molar-refractivity contribution is -0.145. The van der Waals surface area contributed by atoms with E-state index in [1.54, 1.807) is 30.3 Å². The van der Waals surface area contributed by atoms with Crippen molar-refractivity contribution in [3.63, 3.8) is 0 Å². The van der Waals surface area contributed by atoms with Gasteiger partial charge in [0.25, 0.3) is 0 Å². The molecule has 5 nitrogen and oxygen atoms in total. The molecule has 0 bridgehead atoms. The standard InChI is InChI=1S/C15H19F2NO4/c1-15(2,13(16)17)8-11(12(19)20)18(14(21)22)9-10-6-4-3-5-7-10/h3-7,11,13H,8-9H2,1-2H3,(H,19,20)(H,21,22)/t11-/m0/s1. The number of benzene rings is 1. The summed E-state index contributed by atoms with van der Waals surface area (Å²) in [6.07, 6.45) is -4.68. The molecule has 0 aliphatic rings. The van der Waals surface area contributed by atoms with Crippen LogP contribution in [0.4, 0.5) is 13.6 Å². The van der Waals surface area contributed by atoms with Crippen LogP contribution >= 0.6 is 0 Å². The predicted molar refractivity (Wildman–Crippen MR) is 75.8 cm³/mol. The zero-order valence-corrected chi connectivity index (χ0v) is 12.4. The van der Waals surface area contributed by atoms with E-state index in [-0.39, 0.29) is 6.54 Å². The Balaban J connectivity index is 3.03. The maximum atomic E-state index is 13.0. The zero-order valence-electron chi connectivity index (χ0n) is 12.4. The molecule has 1 atom stereocenters. The number of rotatable bonds is 7. The van der Waals surface area contributed by atoms with E-state index in [0.717, 1.165) is 0 Å². The van der Waals surface area contributed by atoms with Crippen molar-refractivity contribution >= 4 is 12.1 Å². The van der Waals surface area contributed by atoms with Crippen LogP contribution in [0.15, 0.2) is 30.3 Å². The summed E-state index contributed by atoms with van der Waals surface area (Å²) in [5.74, 6) is -1.44. The number of hydrogen-bond donors (Lipinski definition) is 2. The molecule has 0 saturated carbocycles. The van der Waals surface area contributed by atoms with Gasteiger partial charge in [-0.05, 0) is 12.0 Å². The number of nitrogens with zero attached hydrogens (tertiary/aromatic N) is 1. The SMILES string of the molecule is CC(C)(C[C@@H](C(=O)O)N(Cc1ccccc1)C(=O)O)C(F)F. The molecule has 0 aliphatic carbocycles. The summed E-state index contributed by atoms with van der Waals surface area (Å²) in [5.41, 5.74) is -1.01. The van der Waals surface area contributed by atoms with Gasteiger partial charge in [-0.1, -0.05) is 44.2 Å². The maximum Gasteiger partial charge on any atom is 0.408 e. The summed E-state index contributed by atoms with van der Waals surface area (Å²) in [5, 5.41) is 18.5. The molecule has 0 heterocycles. The summed E-state index contributed by atoms with van der Waals surface area (Å²) < 4.78 is 25.9. The number of hydrogen-bond acceptors (Lipinski definition) is 2. The number of carboxylic acid groups (broad SMARTS) is 2. The molecule has 1 aromatic carbocycles. The van der Waals surface area contributed by atoms with E-state index in [1.807, 2.05) is 0 Å². The van der Waals surface area contributed by atoms with Gasteiger partial charge in [0, 0.05) is 12.0 Å². The van der Waals surface area contributed by atoms with Crippen molar-refractivity contribution in [1.82, 2.24) is 4.90 Å². The van der Waals surface area contributed by atoms with Gasteiger partial charge in [-0.2, -0.15) is 0 Å². The molecule has 1 aromatic rings. The summed E-state index contributed by atoms with van der Waals surface area (Å²) >= 11 is 0. The van der Waals surface area contributed by atoms with Crippen LogP contribution in [0.5, 0.6) is 0 Å². The molecule has 1 rings (SSSR count). The van der Waals surface area contributed by atoms with Gasteiger partial charge >= 0.3 is 12.1 Å². The molecule has 122 valence electrons. The van der Waals surface area contributed by atoms with E-state index in [4.69, 9.17) is 0 Å². The van der Waals surface area contributed by atoms with Crippen molar-refractivity contribution < 1.29 is 28.6 Å². The average molecular weight is 315 g/mol. The van der Waals surface area contributed by atoms with Crippen LogP contribution in [0.1, 0.15) is 25.8 Å². The van der Waals surface area contributed by atoms with E-state index in [1.165, 1.54) is 13.8 Å². The second kappa shape index (κ2) is 7.20. The Bertz CT molecular complexity index is 520. The summed E-state index contributed by atoms with van der Waals surface area (Å²) in [6, 6.07) is 6.87. The van der Waals surface area contributed by atoms with Crippen LogP contribution in [0, 0.1) is 5.41 Å². The molecule has 22 heavy (non-hydrogen) atoms. The number of carbonyl (C=O) groups is 2. The Morgan fingerprint density at radius 1 is 1.18 bits per heavy atom. The van der Waals surface area contributed by atoms with Crippen LogP contribution in [0.2, 0.25) is 0 Å². The van der Waals surface area contributed by atoms with E-state index < -0.39 is 36.4 Å². The van der Waals surface area contributed by atoms with Gasteiger partial charge in [-0.25, -0.2) is 18.4 Å². The minimum absolute atomic E-state index is 0.174. The monoisotopic (exact) mass is 315 g/mol. The number of alkyl halides is 2. The highest BCUT2D eigenvalue weighted by Gasteiger charge is 2.39. The molecule has 0 aromatic heterocycles. The lowest BCUT2D eigenvalue weighted by Crippen LogP contribution is -2.47. The molecule has 0 radical (unpaired) electrons. The zero-order chi connectivity index (χ0) is 16.9. The van der Waals surface area contributed by atoms with Crippen molar-refractivity contribution in [2.24, 2.45) is 5.41 Å². The largest absolute Gasteiger partial charge is 0.480 e. The highest BCUT2D eigenvalue weighted by atomic mass is 19.3. The van der Waals surface area contributed by atoms with Gasteiger partial charge < -0.3 is 10.2 Å². The third kappa shape index (κ3) is 4.68. The minimum Gasteiger partial charge on any atom is -0.480 e. The maximum absolute atomic E-state index is 13.0. The van der Waals surface area contributed by atoms with Crippen LogP contribution in [-0.4, -0.2) is 39.6 Å². The quantitative estimate of drug-likeness (QED) is 0.809. The topological polar surface area (TPSA) is 77.8 Å². The number of aliphatic carboxylic acids is 1. The van der Waals surface area contributed by atoms with Gasteiger partial charge in [0.2, 0.25) is 6.43 Å². The van der Waals surface area contributed by atoms with Crippen molar-refractivity contribution in [1.29, 1.82) is 0 Å². The van der Waals surface area contributed by atoms with Crippen LogP contribution in [0.3, 0.4) is 0 Å². The van der Waals surface area contributed by atoms with Crippen LogP contribution in [0.25, 0.3) is 0 Å². The third-order valence-corrected chi connectivity index (χ3v) is 3.41. The molecule has 0 aliphatic heterocycles. The van der Waals surface area contributed by atoms with E-state index in [2.05, 4.69) is 0 Å². The molecule has 0 spiro atoms. The summed E-state index contributed by atoms with van der Waals surface area (Å²) in [7, 11) is 0. The van der Waals surface area contributed by atoms with E-state index >= 15 is 0 Å². The second-order valence-electron chi connectivity index (χ2n) is 5.74. The third-order valence-electron chi connectivity index (χ3n) is 3.41. The fraction of sp³-hybridized carbons (Fsp3) is 0.467. The molecular weight excluding hydrogens is 296 g/mol. The van der Waals surface area contributed by atoms with Crippen molar-refractivity contribution in [2.75, 3.05) is 0 Å². The number of amides is 1. The van der Waals surface area contributed by atoms with Gasteiger partial charge in [0.1, 0.15) is 6.04 Å². The van der Waals surface area contributed by atoms with Crippen molar-refractivity contribution in [3.8, 4) is 0 Å². The Labute approximate surface area is 127 Å². The number of halogens is 2. The van der Waals surface area contributed by atoms with Gasteiger partial charge in [0.05, 0.1) is 0 Å². The van der Waals surface area contributed by atoms with E-state index in [0.29, 0.717) is 10.5 Å². The Morgan fingerprint density at radius 2 is 1.73 bits per heavy atom. The Morgan fingerprint density at radius 3 is 2.14 bits per heavy atom. The van der Waals surface area contributed by atoms with E-state index in [9.17, 15) is 28.6 Å². The molecule has 2 N–H and O–H groups in total. The lowest BCUT2D eigenvalue weighted by atomic mass is 9.85. The normalized spacial score (nSPS) is 13.0. The Kier molecular flexibility index (Phi) is 5.84. The predicted octanol–water partition coefficient (Wildman–Crippen LogP) is 3.30. The highest BCUT2D eigenvalue weighted by Crippen LogP contribution is 2.32.